The van der Waals surface area contributed by atoms with Crippen molar-refractivity contribution in [3.05, 3.63) is 46.9 Å². The van der Waals surface area contributed by atoms with E-state index in [4.69, 9.17) is 22.1 Å². The van der Waals surface area contributed by atoms with E-state index in [0.717, 1.165) is 5.69 Å². The summed E-state index contributed by atoms with van der Waals surface area (Å²) in [6.45, 7) is 0.490. The van der Waals surface area contributed by atoms with Crippen molar-refractivity contribution in [2.75, 3.05) is 19.9 Å². The van der Waals surface area contributed by atoms with Gasteiger partial charge in [-0.25, -0.2) is 9.37 Å². The predicted octanol–water partition coefficient (Wildman–Crippen LogP) is 3.91. The van der Waals surface area contributed by atoms with Crippen LogP contribution in [0.1, 0.15) is 10.9 Å². The fourth-order valence-corrected chi connectivity index (χ4v) is 2.74. The Hall–Kier alpha value is -1.30. The van der Waals surface area contributed by atoms with E-state index >= 15 is 0 Å². The van der Waals surface area contributed by atoms with E-state index in [1.807, 2.05) is 18.4 Å². The zero-order chi connectivity index (χ0) is 15.4. The second kappa shape index (κ2) is 7.11. The fourth-order valence-electron chi connectivity index (χ4n) is 1.99. The number of thioether (sulfide) groups is 1. The number of benzene rings is 1. The molecular weight excluding hydrogens is 311 g/mol. The number of rotatable bonds is 5. The maximum absolute atomic E-state index is 13.3. The van der Waals surface area contributed by atoms with E-state index in [-0.39, 0.29) is 10.3 Å². The molecule has 2 N–H and O–H groups in total. The van der Waals surface area contributed by atoms with Crippen molar-refractivity contribution in [2.45, 2.75) is 5.25 Å². The summed E-state index contributed by atoms with van der Waals surface area (Å²) in [4.78, 5) is 4.62. The molecule has 0 amide bonds. The van der Waals surface area contributed by atoms with Crippen LogP contribution in [0.3, 0.4) is 0 Å². The van der Waals surface area contributed by atoms with Crippen LogP contribution in [0.25, 0.3) is 11.3 Å². The number of hydrogen-bond acceptors (Lipinski definition) is 4. The Labute approximate surface area is 132 Å². The van der Waals surface area contributed by atoms with Crippen LogP contribution < -0.4 is 10.5 Å². The molecule has 1 atom stereocenters. The molecule has 0 saturated heterocycles. The highest BCUT2D eigenvalue weighted by Crippen LogP contribution is 2.33. The van der Waals surface area contributed by atoms with E-state index in [0.29, 0.717) is 23.6 Å². The molecule has 3 nitrogen and oxygen atoms in total. The van der Waals surface area contributed by atoms with Crippen LogP contribution >= 0.6 is 23.4 Å². The highest BCUT2D eigenvalue weighted by molar-refractivity contribution is 7.98. The quantitative estimate of drug-likeness (QED) is 0.905. The SMILES string of the molecule is COc1ccc(C(CN)SC)nc1-c1ccc(F)c(Cl)c1. The molecule has 2 rings (SSSR count). The maximum Gasteiger partial charge on any atom is 0.145 e. The van der Waals surface area contributed by atoms with Crippen LogP contribution in [0.4, 0.5) is 4.39 Å². The van der Waals surface area contributed by atoms with E-state index in [2.05, 4.69) is 4.98 Å². The number of pyridine rings is 1. The van der Waals surface area contributed by atoms with Gasteiger partial charge in [-0.15, -0.1) is 0 Å². The minimum Gasteiger partial charge on any atom is -0.494 e. The Morgan fingerprint density at radius 1 is 1.38 bits per heavy atom. The summed E-state index contributed by atoms with van der Waals surface area (Å²) in [6, 6.07) is 8.23. The van der Waals surface area contributed by atoms with Gasteiger partial charge in [-0.3, -0.25) is 0 Å². The van der Waals surface area contributed by atoms with Gasteiger partial charge < -0.3 is 10.5 Å². The summed E-state index contributed by atoms with van der Waals surface area (Å²) in [5.74, 6) is 0.151. The number of ether oxygens (including phenoxy) is 1. The van der Waals surface area contributed by atoms with E-state index in [1.165, 1.54) is 6.07 Å². The number of hydrogen-bond donors (Lipinski definition) is 1. The summed E-state index contributed by atoms with van der Waals surface area (Å²) in [6.07, 6.45) is 1.98. The Bertz CT molecular complexity index is 635. The standard InChI is InChI=1S/C15H16ClFN2OS/c1-20-13-6-5-12(14(8-18)21-2)19-15(13)9-3-4-11(17)10(16)7-9/h3-7,14H,8,18H2,1-2H3. The van der Waals surface area contributed by atoms with Crippen molar-refractivity contribution in [2.24, 2.45) is 5.73 Å². The van der Waals surface area contributed by atoms with Gasteiger partial charge >= 0.3 is 0 Å². The molecule has 1 aromatic carbocycles. The molecule has 112 valence electrons. The number of methoxy groups -OCH3 is 1. The lowest BCUT2D eigenvalue weighted by molar-refractivity contribution is 0.414. The average Bonchev–Trinajstić information content (AvgIpc) is 2.51. The van der Waals surface area contributed by atoms with Crippen molar-refractivity contribution in [3.63, 3.8) is 0 Å². The molecule has 0 aliphatic heterocycles. The monoisotopic (exact) mass is 326 g/mol. The lowest BCUT2D eigenvalue weighted by Gasteiger charge is -2.15. The number of aromatic nitrogens is 1. The molecule has 0 aliphatic carbocycles. The zero-order valence-electron chi connectivity index (χ0n) is 11.8. The average molecular weight is 327 g/mol. The molecule has 0 fully saturated rings. The van der Waals surface area contributed by atoms with Gasteiger partial charge in [-0.1, -0.05) is 11.6 Å². The molecule has 0 aliphatic rings. The summed E-state index contributed by atoms with van der Waals surface area (Å²) in [7, 11) is 1.57. The second-order valence-corrected chi connectivity index (χ2v) is 5.82. The Morgan fingerprint density at radius 2 is 2.14 bits per heavy atom. The molecule has 0 bridgehead atoms. The lowest BCUT2D eigenvalue weighted by Crippen LogP contribution is -2.11. The predicted molar refractivity (Wildman–Crippen MR) is 86.5 cm³/mol. The van der Waals surface area contributed by atoms with Gasteiger partial charge in [-0.2, -0.15) is 11.8 Å². The summed E-state index contributed by atoms with van der Waals surface area (Å²) >= 11 is 7.48. The van der Waals surface area contributed by atoms with Crippen molar-refractivity contribution in [1.82, 2.24) is 4.98 Å². The van der Waals surface area contributed by atoms with Crippen molar-refractivity contribution in [1.29, 1.82) is 0 Å². The van der Waals surface area contributed by atoms with Crippen LogP contribution in [0.15, 0.2) is 30.3 Å². The number of halogens is 2. The molecular formula is C15H16ClFN2OS. The molecule has 0 radical (unpaired) electrons. The van der Waals surface area contributed by atoms with Crippen LogP contribution in [0, 0.1) is 5.82 Å². The van der Waals surface area contributed by atoms with Gasteiger partial charge in [0.25, 0.3) is 0 Å². The first-order valence-corrected chi connectivity index (χ1v) is 8.00. The van der Waals surface area contributed by atoms with Gasteiger partial charge in [0.1, 0.15) is 17.3 Å². The van der Waals surface area contributed by atoms with Gasteiger partial charge in [-0.05, 0) is 36.6 Å². The first-order chi connectivity index (χ1) is 10.1. The van der Waals surface area contributed by atoms with Gasteiger partial charge in [0.2, 0.25) is 0 Å². The Morgan fingerprint density at radius 3 is 2.71 bits per heavy atom. The molecule has 1 unspecified atom stereocenters. The minimum absolute atomic E-state index is 0.0574. The van der Waals surface area contributed by atoms with E-state index in [9.17, 15) is 4.39 Å². The normalized spacial score (nSPS) is 12.2. The Balaban J connectivity index is 2.53. The molecule has 2 aromatic rings. The highest BCUT2D eigenvalue weighted by atomic mass is 35.5. The van der Waals surface area contributed by atoms with Gasteiger partial charge in [0.15, 0.2) is 0 Å². The molecule has 1 aromatic heterocycles. The largest absolute Gasteiger partial charge is 0.494 e. The minimum atomic E-state index is -0.459. The summed E-state index contributed by atoms with van der Waals surface area (Å²) in [5, 5.41) is 0.160. The maximum atomic E-state index is 13.3. The fraction of sp³-hybridized carbons (Fsp3) is 0.267. The van der Waals surface area contributed by atoms with Crippen LogP contribution in [0.5, 0.6) is 5.75 Å². The summed E-state index contributed by atoms with van der Waals surface area (Å²) in [5.41, 5.74) is 7.95. The summed E-state index contributed by atoms with van der Waals surface area (Å²) < 4.78 is 18.6. The van der Waals surface area contributed by atoms with E-state index < -0.39 is 5.82 Å². The van der Waals surface area contributed by atoms with Gasteiger partial charge in [0.05, 0.1) is 23.1 Å². The molecule has 21 heavy (non-hydrogen) atoms. The zero-order valence-corrected chi connectivity index (χ0v) is 13.3. The first kappa shape index (κ1) is 16.1. The van der Waals surface area contributed by atoms with Crippen molar-refractivity contribution in [3.8, 4) is 17.0 Å². The first-order valence-electron chi connectivity index (χ1n) is 6.34. The molecule has 1 heterocycles. The smallest absolute Gasteiger partial charge is 0.145 e. The molecule has 6 heteroatoms. The molecule has 0 saturated carbocycles. The third kappa shape index (κ3) is 3.48. The van der Waals surface area contributed by atoms with Crippen LogP contribution in [-0.2, 0) is 0 Å². The third-order valence-electron chi connectivity index (χ3n) is 3.12. The van der Waals surface area contributed by atoms with Crippen LogP contribution in [-0.4, -0.2) is 24.9 Å². The number of nitrogens with two attached hydrogens (primary N) is 1. The second-order valence-electron chi connectivity index (χ2n) is 4.38. The van der Waals surface area contributed by atoms with Crippen molar-refractivity contribution < 1.29 is 9.13 Å². The van der Waals surface area contributed by atoms with Crippen molar-refractivity contribution >= 4 is 23.4 Å². The Kier molecular flexibility index (Phi) is 5.45. The highest BCUT2D eigenvalue weighted by Gasteiger charge is 2.15. The van der Waals surface area contributed by atoms with Crippen LogP contribution in [0.2, 0.25) is 5.02 Å². The molecule has 0 spiro atoms. The van der Waals surface area contributed by atoms with Gasteiger partial charge in [0, 0.05) is 12.1 Å². The third-order valence-corrected chi connectivity index (χ3v) is 4.41. The number of nitrogens with zero attached hydrogens (tertiary/aromatic N) is 1. The van der Waals surface area contributed by atoms with E-state index in [1.54, 1.807) is 31.0 Å². The topological polar surface area (TPSA) is 48.1 Å². The lowest BCUT2D eigenvalue weighted by atomic mass is 10.1.